The maximum Gasteiger partial charge on any atom is 0.319 e. The molecule has 1 heterocycles. The van der Waals surface area contributed by atoms with E-state index in [0.717, 1.165) is 25.0 Å². The van der Waals surface area contributed by atoms with Gasteiger partial charge in [-0.1, -0.05) is 30.4 Å². The normalized spacial score (nSPS) is 13.3. The van der Waals surface area contributed by atoms with Gasteiger partial charge in [0.25, 0.3) is 0 Å². The molecular formula is C23H35N5O4. The van der Waals surface area contributed by atoms with Crippen molar-refractivity contribution in [3.63, 3.8) is 0 Å². The largest absolute Gasteiger partial charge is 0.468 e. The molecule has 0 spiro atoms. The third kappa shape index (κ3) is 12.5. The number of hydrogen-bond acceptors (Lipinski definition) is 6. The van der Waals surface area contributed by atoms with E-state index in [9.17, 15) is 9.59 Å². The number of amides is 2. The van der Waals surface area contributed by atoms with Crippen molar-refractivity contribution in [2.24, 2.45) is 0 Å². The number of hydrogen-bond donors (Lipinski definition) is 3. The quantitative estimate of drug-likeness (QED) is 0.332. The van der Waals surface area contributed by atoms with Gasteiger partial charge in [-0.25, -0.2) is 4.98 Å². The van der Waals surface area contributed by atoms with Gasteiger partial charge in [0.05, 0.1) is 26.5 Å². The number of carbonyl (C=O) groups excluding carboxylic acids is 3. The molecule has 1 atom stereocenters. The average molecular weight is 446 g/mol. The number of aromatic nitrogens is 2. The number of aromatic amines is 1. The fourth-order valence-corrected chi connectivity index (χ4v) is 3.06. The second-order valence-electron chi connectivity index (χ2n) is 7.35. The second-order valence-corrected chi connectivity index (χ2v) is 7.35. The molecule has 1 aliphatic carbocycles. The van der Waals surface area contributed by atoms with Crippen LogP contribution in [-0.2, 0) is 25.5 Å². The average Bonchev–Trinajstić information content (AvgIpc) is 3.14. The highest BCUT2D eigenvalue weighted by molar-refractivity contribution is 5.79. The molecule has 3 N–H and O–H groups in total. The van der Waals surface area contributed by atoms with Gasteiger partial charge in [0.15, 0.2) is 0 Å². The first-order valence-electron chi connectivity index (χ1n) is 10.7. The fraction of sp³-hybridized carbons (Fsp3) is 0.478. The highest BCUT2D eigenvalue weighted by Crippen LogP contribution is 2.11. The number of allylic oxidation sites excluding steroid dienone is 6. The van der Waals surface area contributed by atoms with E-state index < -0.39 is 0 Å². The summed E-state index contributed by atoms with van der Waals surface area (Å²) in [5.41, 5.74) is 2.22. The zero-order valence-electron chi connectivity index (χ0n) is 19.2. The lowest BCUT2D eigenvalue weighted by molar-refractivity contribution is -0.142. The van der Waals surface area contributed by atoms with E-state index in [0.29, 0.717) is 19.4 Å². The number of esters is 1. The maximum absolute atomic E-state index is 12.4. The van der Waals surface area contributed by atoms with E-state index in [1.54, 1.807) is 19.6 Å². The molecule has 1 unspecified atom stereocenters. The van der Waals surface area contributed by atoms with Crippen LogP contribution in [0.4, 0.5) is 0 Å². The molecule has 0 aromatic carbocycles. The fourth-order valence-electron chi connectivity index (χ4n) is 3.06. The molecule has 0 aliphatic heterocycles. The molecule has 1 aromatic rings. The lowest BCUT2D eigenvalue weighted by atomic mass is 10.1. The Balaban J connectivity index is 0.00000118. The van der Waals surface area contributed by atoms with Gasteiger partial charge in [0.2, 0.25) is 12.3 Å². The molecular weight excluding hydrogens is 410 g/mol. The Bertz CT molecular complexity index is 771. The van der Waals surface area contributed by atoms with Crippen LogP contribution < -0.4 is 10.6 Å². The van der Waals surface area contributed by atoms with Crippen LogP contribution in [0, 0.1) is 0 Å². The van der Waals surface area contributed by atoms with Crippen LogP contribution in [-0.4, -0.2) is 73.0 Å². The minimum atomic E-state index is -0.338. The van der Waals surface area contributed by atoms with Gasteiger partial charge in [-0.3, -0.25) is 19.3 Å². The summed E-state index contributed by atoms with van der Waals surface area (Å²) in [5, 5.41) is 5.23. The molecule has 32 heavy (non-hydrogen) atoms. The van der Waals surface area contributed by atoms with Crippen molar-refractivity contribution >= 4 is 18.3 Å². The molecule has 9 nitrogen and oxygen atoms in total. The van der Waals surface area contributed by atoms with Gasteiger partial charge in [-0.15, -0.1) is 0 Å². The topological polar surface area (TPSA) is 116 Å². The summed E-state index contributed by atoms with van der Waals surface area (Å²) in [6.45, 7) is 2.86. The molecule has 0 radical (unpaired) electrons. The molecule has 0 saturated heterocycles. The van der Waals surface area contributed by atoms with Crippen LogP contribution >= 0.6 is 0 Å². The number of ether oxygens (including phenoxy) is 1. The molecule has 1 aromatic heterocycles. The minimum Gasteiger partial charge on any atom is -0.468 e. The van der Waals surface area contributed by atoms with Crippen molar-refractivity contribution in [3.05, 3.63) is 54.2 Å². The summed E-state index contributed by atoms with van der Waals surface area (Å²) in [7, 11) is 2.92. The van der Waals surface area contributed by atoms with E-state index in [2.05, 4.69) is 51.0 Å². The standard InChI is InChI=1S/C21H30N4O3.C2H5NO/c1-17(12-19-13-22-16-23-19)24-20(26)14-25(15-21(27)28-2)11-7-10-18-8-5-3-4-6-9-18;1-3-2-4/h3,5-6,8-9,13,16-17H,4,7,10-12,14-15H2,1-2H3,(H,22,23)(H,24,26);2H,1H3,(H,3,4). The number of imidazole rings is 1. The Morgan fingerprint density at radius 1 is 1.34 bits per heavy atom. The van der Waals surface area contributed by atoms with Crippen molar-refractivity contribution in [2.45, 2.75) is 38.6 Å². The maximum atomic E-state index is 12.4. The van der Waals surface area contributed by atoms with E-state index in [-0.39, 0.29) is 31.0 Å². The Kier molecular flexibility index (Phi) is 13.8. The number of carbonyl (C=O) groups is 3. The Labute approximate surface area is 190 Å². The molecule has 9 heteroatoms. The lowest BCUT2D eigenvalue weighted by Gasteiger charge is -2.22. The number of nitrogens with one attached hydrogen (secondary N) is 3. The van der Waals surface area contributed by atoms with Crippen molar-refractivity contribution in [2.75, 3.05) is 33.8 Å². The van der Waals surface area contributed by atoms with Gasteiger partial charge < -0.3 is 20.4 Å². The predicted molar refractivity (Wildman–Crippen MR) is 124 cm³/mol. The number of methoxy groups -OCH3 is 1. The highest BCUT2D eigenvalue weighted by Gasteiger charge is 2.16. The van der Waals surface area contributed by atoms with Crippen molar-refractivity contribution in [3.8, 4) is 0 Å². The monoisotopic (exact) mass is 445 g/mol. The second kappa shape index (κ2) is 16.5. The van der Waals surface area contributed by atoms with Crippen LogP contribution in [0.15, 0.2) is 48.5 Å². The summed E-state index contributed by atoms with van der Waals surface area (Å²) in [6.07, 6.45) is 17.9. The molecule has 0 fully saturated rings. The van der Waals surface area contributed by atoms with Gasteiger partial charge >= 0.3 is 5.97 Å². The Hall–Kier alpha value is -3.20. The summed E-state index contributed by atoms with van der Waals surface area (Å²) in [5.74, 6) is -0.442. The molecule has 1 aliphatic rings. The molecule has 2 rings (SSSR count). The summed E-state index contributed by atoms with van der Waals surface area (Å²) >= 11 is 0. The first-order valence-corrected chi connectivity index (χ1v) is 10.7. The number of H-pyrrole nitrogens is 1. The molecule has 0 bridgehead atoms. The van der Waals surface area contributed by atoms with Crippen molar-refractivity contribution < 1.29 is 19.1 Å². The van der Waals surface area contributed by atoms with Crippen LogP contribution in [0.5, 0.6) is 0 Å². The summed E-state index contributed by atoms with van der Waals surface area (Å²) in [4.78, 5) is 42.0. The first-order chi connectivity index (χ1) is 15.5. The van der Waals surface area contributed by atoms with Crippen molar-refractivity contribution in [1.82, 2.24) is 25.5 Å². The molecule has 176 valence electrons. The SMILES string of the molecule is CNC=O.COC(=O)CN(CCCC1=CC=CCC=C1)CC(=O)NC(C)Cc1cnc[nH]1. The summed E-state index contributed by atoms with van der Waals surface area (Å²) in [6, 6.07) is -0.0269. The van der Waals surface area contributed by atoms with Gasteiger partial charge in [-0.2, -0.15) is 0 Å². The zero-order chi connectivity index (χ0) is 23.6. The van der Waals surface area contributed by atoms with Crippen LogP contribution in [0.1, 0.15) is 31.9 Å². The van der Waals surface area contributed by atoms with Crippen LogP contribution in [0.2, 0.25) is 0 Å². The third-order valence-corrected chi connectivity index (χ3v) is 4.54. The minimum absolute atomic E-state index is 0.0269. The van der Waals surface area contributed by atoms with E-state index >= 15 is 0 Å². The third-order valence-electron chi connectivity index (χ3n) is 4.54. The zero-order valence-corrected chi connectivity index (χ0v) is 19.2. The Morgan fingerprint density at radius 3 is 2.78 bits per heavy atom. The van der Waals surface area contributed by atoms with Gasteiger partial charge in [-0.05, 0) is 38.3 Å². The number of rotatable bonds is 12. The summed E-state index contributed by atoms with van der Waals surface area (Å²) < 4.78 is 4.77. The molecule has 0 saturated carbocycles. The van der Waals surface area contributed by atoms with E-state index in [4.69, 9.17) is 9.53 Å². The molecule has 2 amide bonds. The Morgan fingerprint density at radius 2 is 2.12 bits per heavy atom. The highest BCUT2D eigenvalue weighted by atomic mass is 16.5. The van der Waals surface area contributed by atoms with Crippen LogP contribution in [0.25, 0.3) is 0 Å². The van der Waals surface area contributed by atoms with Gasteiger partial charge in [0.1, 0.15) is 0 Å². The lowest BCUT2D eigenvalue weighted by Crippen LogP contribution is -2.43. The van der Waals surface area contributed by atoms with Crippen LogP contribution in [0.3, 0.4) is 0 Å². The van der Waals surface area contributed by atoms with Gasteiger partial charge in [0, 0.05) is 31.4 Å². The number of nitrogens with zero attached hydrogens (tertiary/aromatic N) is 2. The van der Waals surface area contributed by atoms with E-state index in [1.807, 2.05) is 11.8 Å². The first kappa shape index (κ1) is 26.8. The smallest absolute Gasteiger partial charge is 0.319 e. The van der Waals surface area contributed by atoms with Crippen molar-refractivity contribution in [1.29, 1.82) is 0 Å². The predicted octanol–water partition coefficient (Wildman–Crippen LogP) is 1.52. The van der Waals surface area contributed by atoms with E-state index in [1.165, 1.54) is 12.7 Å².